The van der Waals surface area contributed by atoms with Gasteiger partial charge in [0, 0.05) is 12.5 Å². The smallest absolute Gasteiger partial charge is 0.431 e. The molecule has 0 spiro atoms. The van der Waals surface area contributed by atoms with Crippen molar-refractivity contribution in [2.45, 2.75) is 58.0 Å². The second-order valence-corrected chi connectivity index (χ2v) is 10.4. The van der Waals surface area contributed by atoms with Gasteiger partial charge in [0.15, 0.2) is 5.82 Å². The first-order chi connectivity index (χ1) is 21.0. The van der Waals surface area contributed by atoms with Gasteiger partial charge in [0.05, 0.1) is 23.1 Å². The Morgan fingerprint density at radius 1 is 0.953 bits per heavy atom. The van der Waals surface area contributed by atoms with E-state index >= 15 is 0 Å². The lowest BCUT2D eigenvalue weighted by Crippen LogP contribution is -2.27. The van der Waals surface area contributed by atoms with Gasteiger partial charge in [0.25, 0.3) is 0 Å². The van der Waals surface area contributed by atoms with E-state index in [1.165, 1.54) is 11.5 Å². The highest BCUT2D eigenvalue weighted by Gasteiger charge is 2.24. The molecule has 2 aromatic heterocycles. The van der Waals surface area contributed by atoms with Crippen LogP contribution in [0.4, 0.5) is 4.79 Å². The highest BCUT2D eigenvalue weighted by Crippen LogP contribution is 2.30. The first-order valence-electron chi connectivity index (χ1n) is 14.2. The number of ether oxygens (including phenoxy) is 3. The number of H-pyrrole nitrogens is 2. The van der Waals surface area contributed by atoms with Crippen molar-refractivity contribution in [3.8, 4) is 22.5 Å². The maximum atomic E-state index is 13.2. The van der Waals surface area contributed by atoms with Gasteiger partial charge in [-0.1, -0.05) is 61.0 Å². The number of aromatic amines is 2. The molecule has 0 saturated heterocycles. The second kappa shape index (κ2) is 12.3. The van der Waals surface area contributed by atoms with E-state index in [0.29, 0.717) is 16.9 Å². The summed E-state index contributed by atoms with van der Waals surface area (Å²) >= 11 is 0. The van der Waals surface area contributed by atoms with Crippen molar-refractivity contribution in [3.05, 3.63) is 88.3 Å². The van der Waals surface area contributed by atoms with Crippen molar-refractivity contribution in [3.63, 3.8) is 0 Å². The number of carbonyl (C=O) groups excluding carboxylic acids is 2. The zero-order chi connectivity index (χ0) is 29.8. The van der Waals surface area contributed by atoms with Crippen LogP contribution in [0.3, 0.4) is 0 Å². The van der Waals surface area contributed by atoms with Crippen LogP contribution in [0.25, 0.3) is 33.5 Å². The molecule has 6 rings (SSSR count). The summed E-state index contributed by atoms with van der Waals surface area (Å²) < 4.78 is 17.4. The third-order valence-electron chi connectivity index (χ3n) is 7.50. The molecule has 0 bridgehead atoms. The van der Waals surface area contributed by atoms with Crippen molar-refractivity contribution in [1.29, 1.82) is 0 Å². The Morgan fingerprint density at radius 3 is 2.47 bits per heavy atom. The Morgan fingerprint density at radius 2 is 1.72 bits per heavy atom. The fraction of sp³-hybridized carbons (Fsp3) is 0.290. The summed E-state index contributed by atoms with van der Waals surface area (Å²) in [5.41, 5.74) is 4.26. The number of carbonyl (C=O) groups is 2. The van der Waals surface area contributed by atoms with Gasteiger partial charge in [-0.15, -0.1) is 5.10 Å². The number of fused-ring (bicyclic) bond motifs is 1. The summed E-state index contributed by atoms with van der Waals surface area (Å²) in [6.45, 7) is 1.65. The molecule has 5 aromatic rings. The summed E-state index contributed by atoms with van der Waals surface area (Å²) in [7, 11) is 0. The number of esters is 1. The topological polar surface area (TPSA) is 154 Å². The lowest BCUT2D eigenvalue weighted by Gasteiger charge is -2.22. The van der Waals surface area contributed by atoms with Crippen LogP contribution in [-0.4, -0.2) is 54.7 Å². The van der Waals surface area contributed by atoms with E-state index in [9.17, 15) is 14.4 Å². The summed E-state index contributed by atoms with van der Waals surface area (Å²) in [5, 5.41) is 14.2. The number of hydrogen-bond acceptors (Lipinski definition) is 9. The molecule has 220 valence electrons. The monoisotopic (exact) mass is 582 g/mol. The first kappa shape index (κ1) is 27.9. The molecule has 0 radical (unpaired) electrons. The largest absolute Gasteiger partial charge is 0.511 e. The number of aromatic nitrogens is 6. The van der Waals surface area contributed by atoms with Crippen molar-refractivity contribution in [2.75, 3.05) is 0 Å². The molecule has 1 aliphatic rings. The molecule has 12 nitrogen and oxygen atoms in total. The number of nitrogens with one attached hydrogen (secondary N) is 2. The van der Waals surface area contributed by atoms with Crippen molar-refractivity contribution in [2.24, 2.45) is 0 Å². The van der Waals surface area contributed by atoms with Crippen LogP contribution >= 0.6 is 0 Å². The SMILES string of the molecule is CC(OC(=O)OC1CCCCC1)OC(=O)c1cccc2[nH]c(=O)n(Cc3ccc(-c4ccccc4-c4nnn[nH]4)cc3)c12. The predicted octanol–water partition coefficient (Wildman–Crippen LogP) is 5.21. The van der Waals surface area contributed by atoms with Gasteiger partial charge in [0.2, 0.25) is 6.29 Å². The number of imidazole rings is 1. The van der Waals surface area contributed by atoms with Crippen LogP contribution in [0.15, 0.2) is 71.5 Å². The average molecular weight is 583 g/mol. The molecule has 2 N–H and O–H groups in total. The van der Waals surface area contributed by atoms with E-state index in [-0.39, 0.29) is 23.9 Å². The van der Waals surface area contributed by atoms with E-state index in [1.54, 1.807) is 18.2 Å². The van der Waals surface area contributed by atoms with Gasteiger partial charge in [-0.2, -0.15) is 0 Å². The van der Waals surface area contributed by atoms with E-state index in [2.05, 4.69) is 25.6 Å². The van der Waals surface area contributed by atoms with E-state index in [4.69, 9.17) is 14.2 Å². The van der Waals surface area contributed by atoms with E-state index in [0.717, 1.165) is 54.4 Å². The average Bonchev–Trinajstić information content (AvgIpc) is 3.66. The Bertz CT molecular complexity index is 1790. The highest BCUT2D eigenvalue weighted by molar-refractivity contribution is 6.02. The Kier molecular flexibility index (Phi) is 7.98. The van der Waals surface area contributed by atoms with Gasteiger partial charge in [-0.3, -0.25) is 4.57 Å². The molecule has 1 aliphatic carbocycles. The molecular weight excluding hydrogens is 552 g/mol. The van der Waals surface area contributed by atoms with E-state index in [1.807, 2.05) is 48.5 Å². The maximum absolute atomic E-state index is 13.2. The second-order valence-electron chi connectivity index (χ2n) is 10.4. The van der Waals surface area contributed by atoms with Crippen LogP contribution in [0.5, 0.6) is 0 Å². The van der Waals surface area contributed by atoms with Crippen LogP contribution in [-0.2, 0) is 20.8 Å². The Balaban J connectivity index is 1.19. The minimum Gasteiger partial charge on any atom is -0.431 e. The zero-order valence-corrected chi connectivity index (χ0v) is 23.5. The third-order valence-corrected chi connectivity index (χ3v) is 7.50. The molecular formula is C31H30N6O6. The Labute approximate surface area is 246 Å². The minimum atomic E-state index is -1.18. The predicted molar refractivity (Wildman–Crippen MR) is 156 cm³/mol. The first-order valence-corrected chi connectivity index (χ1v) is 14.2. The zero-order valence-electron chi connectivity index (χ0n) is 23.5. The molecule has 43 heavy (non-hydrogen) atoms. The van der Waals surface area contributed by atoms with Crippen LogP contribution in [0, 0.1) is 0 Å². The number of rotatable bonds is 8. The Hall–Kier alpha value is -5.26. The van der Waals surface area contributed by atoms with E-state index < -0.39 is 18.4 Å². The molecule has 3 aromatic carbocycles. The van der Waals surface area contributed by atoms with Crippen molar-refractivity contribution in [1.82, 2.24) is 30.2 Å². The fourth-order valence-corrected chi connectivity index (χ4v) is 5.44. The minimum absolute atomic E-state index is 0.165. The van der Waals surface area contributed by atoms with Gasteiger partial charge < -0.3 is 19.2 Å². The molecule has 2 heterocycles. The quantitative estimate of drug-likeness (QED) is 0.185. The van der Waals surface area contributed by atoms with Crippen molar-refractivity contribution < 1.29 is 23.8 Å². The number of tetrazole rings is 1. The number of benzene rings is 3. The van der Waals surface area contributed by atoms with Gasteiger partial charge >= 0.3 is 17.8 Å². The van der Waals surface area contributed by atoms with Crippen LogP contribution in [0.2, 0.25) is 0 Å². The lowest BCUT2D eigenvalue weighted by atomic mass is 9.98. The summed E-state index contributed by atoms with van der Waals surface area (Å²) in [6.07, 6.45) is 2.51. The number of nitrogens with zero attached hydrogens (tertiary/aromatic N) is 4. The van der Waals surface area contributed by atoms with Gasteiger partial charge in [0.1, 0.15) is 6.10 Å². The van der Waals surface area contributed by atoms with Crippen LogP contribution < -0.4 is 5.69 Å². The molecule has 0 aliphatic heterocycles. The fourth-order valence-electron chi connectivity index (χ4n) is 5.44. The van der Waals surface area contributed by atoms with Gasteiger partial charge in [-0.05, 0) is 64.9 Å². The molecule has 0 amide bonds. The standard InChI is InChI=1S/C31H30N6O6/c1-19(42-31(40)43-22-8-3-2-4-9-22)41-29(38)25-12-7-13-26-27(25)37(30(39)32-26)18-20-14-16-21(17-15-20)23-10-5-6-11-24(23)28-33-35-36-34-28/h5-7,10-17,19,22H,2-4,8-9,18H2,1H3,(H,32,39)(H,33,34,35,36). The summed E-state index contributed by atoms with van der Waals surface area (Å²) in [6, 6.07) is 20.5. The van der Waals surface area contributed by atoms with Crippen molar-refractivity contribution >= 4 is 23.2 Å². The molecule has 1 saturated carbocycles. The van der Waals surface area contributed by atoms with Crippen LogP contribution in [0.1, 0.15) is 54.9 Å². The highest BCUT2D eigenvalue weighted by atomic mass is 16.8. The third kappa shape index (κ3) is 6.17. The summed E-state index contributed by atoms with van der Waals surface area (Å²) in [5.74, 6) is -0.171. The molecule has 12 heteroatoms. The maximum Gasteiger partial charge on any atom is 0.511 e. The normalized spacial score (nSPS) is 14.3. The number of para-hydroxylation sites is 1. The summed E-state index contributed by atoms with van der Waals surface area (Å²) in [4.78, 5) is 41.2. The lowest BCUT2D eigenvalue weighted by molar-refractivity contribution is -0.0914. The molecule has 1 atom stereocenters. The molecule has 1 fully saturated rings. The van der Waals surface area contributed by atoms with Gasteiger partial charge in [-0.25, -0.2) is 19.5 Å². The number of hydrogen-bond donors (Lipinski definition) is 2. The molecule has 1 unspecified atom stereocenters.